The molecular formula is C17H27F6O6Si2-. The van der Waals surface area contributed by atoms with E-state index >= 15 is 0 Å². The molecule has 1 unspecified atom stereocenters. The minimum Gasteiger partial charge on any atom is -0.545 e. The van der Waals surface area contributed by atoms with Crippen LogP contribution in [0.15, 0.2) is 12.2 Å². The first-order valence-corrected chi connectivity index (χ1v) is 15.5. The first-order valence-electron chi connectivity index (χ1n) is 9.14. The molecule has 0 N–H and O–H groups in total. The summed E-state index contributed by atoms with van der Waals surface area (Å²) in [5, 5.41) is 10.2. The van der Waals surface area contributed by atoms with Crippen molar-refractivity contribution >= 4 is 28.6 Å². The van der Waals surface area contributed by atoms with E-state index in [4.69, 9.17) is 4.12 Å². The minimum atomic E-state index is -5.93. The van der Waals surface area contributed by atoms with Crippen molar-refractivity contribution in [3.63, 3.8) is 0 Å². The van der Waals surface area contributed by atoms with E-state index in [0.717, 1.165) is 13.1 Å². The molecule has 0 bridgehead atoms. The summed E-state index contributed by atoms with van der Waals surface area (Å²) in [4.78, 5) is 21.6. The van der Waals surface area contributed by atoms with Crippen LogP contribution in [0.25, 0.3) is 0 Å². The van der Waals surface area contributed by atoms with E-state index in [1.54, 1.807) is 0 Å². The third-order valence-corrected chi connectivity index (χ3v) is 10.2. The summed E-state index contributed by atoms with van der Waals surface area (Å²) in [5.41, 5.74) is -5.21. The topological polar surface area (TPSA) is 84.9 Å². The fourth-order valence-electron chi connectivity index (χ4n) is 2.37. The monoisotopic (exact) mass is 497 g/mol. The molecule has 14 heteroatoms. The molecule has 182 valence electrons. The molecule has 0 heterocycles. The Hall–Kier alpha value is -1.39. The maximum atomic E-state index is 14.6. The van der Waals surface area contributed by atoms with Crippen LogP contribution in [0.5, 0.6) is 0 Å². The third-order valence-electron chi connectivity index (χ3n) is 3.87. The van der Waals surface area contributed by atoms with Crippen LogP contribution in [0.3, 0.4) is 0 Å². The highest BCUT2D eigenvalue weighted by molar-refractivity contribution is 6.85. The Bertz CT molecular complexity index is 677. The number of halogens is 6. The normalized spacial score (nSPS) is 15.4. The second kappa shape index (κ2) is 10.0. The largest absolute Gasteiger partial charge is 0.545 e. The zero-order valence-electron chi connectivity index (χ0n) is 18.2. The van der Waals surface area contributed by atoms with Gasteiger partial charge in [0.1, 0.15) is 12.7 Å². The fourth-order valence-corrected chi connectivity index (χ4v) is 9.90. The van der Waals surface area contributed by atoms with Crippen LogP contribution < -0.4 is 5.11 Å². The van der Waals surface area contributed by atoms with Gasteiger partial charge in [0.05, 0.1) is 5.97 Å². The molecule has 0 saturated heterocycles. The maximum absolute atomic E-state index is 14.6. The summed E-state index contributed by atoms with van der Waals surface area (Å²) in [6, 6.07) is 0. The van der Waals surface area contributed by atoms with Gasteiger partial charge in [-0.05, 0) is 44.7 Å². The summed E-state index contributed by atoms with van der Waals surface area (Å²) in [6.45, 7) is 7.30. The van der Waals surface area contributed by atoms with Crippen LogP contribution in [0.4, 0.5) is 26.3 Å². The van der Waals surface area contributed by atoms with Crippen molar-refractivity contribution in [2.45, 2.75) is 70.3 Å². The second-order valence-corrected chi connectivity index (χ2v) is 17.3. The molecule has 0 amide bonds. The molecule has 0 aromatic carbocycles. The number of hydrogen-bond acceptors (Lipinski definition) is 6. The van der Waals surface area contributed by atoms with Crippen LogP contribution in [-0.4, -0.2) is 58.9 Å². The fraction of sp³-hybridized carbons (Fsp3) is 0.765. The molecule has 0 spiro atoms. The zero-order valence-corrected chi connectivity index (χ0v) is 20.2. The van der Waals surface area contributed by atoms with Gasteiger partial charge in [-0.1, -0.05) is 13.8 Å². The predicted molar refractivity (Wildman–Crippen MR) is 102 cm³/mol. The Labute approximate surface area is 178 Å². The Balaban J connectivity index is 5.67. The minimum absolute atomic E-state index is 0.294. The number of carbonyl (C=O) groups is 2. The first-order chi connectivity index (χ1) is 13.6. The Morgan fingerprint density at radius 1 is 0.968 bits per heavy atom. The van der Waals surface area contributed by atoms with Crippen LogP contribution in [0.2, 0.25) is 32.7 Å². The number of carboxylic acids is 1. The molecule has 0 rings (SSSR count). The van der Waals surface area contributed by atoms with Crippen molar-refractivity contribution < 1.29 is 54.6 Å². The lowest BCUT2D eigenvalue weighted by molar-refractivity contribution is -0.400. The third kappa shape index (κ3) is 7.91. The summed E-state index contributed by atoms with van der Waals surface area (Å²) < 4.78 is 101. The van der Waals surface area contributed by atoms with Gasteiger partial charge in [0.15, 0.2) is 8.32 Å². The number of aliphatic carboxylic acids is 1. The summed E-state index contributed by atoms with van der Waals surface area (Å²) in [6.07, 6.45) is -6.84. The molecule has 1 atom stereocenters. The van der Waals surface area contributed by atoms with Gasteiger partial charge in [-0.25, -0.2) is 13.6 Å². The van der Waals surface area contributed by atoms with Gasteiger partial charge in [0.2, 0.25) is 0 Å². The zero-order chi connectivity index (χ0) is 25.1. The van der Waals surface area contributed by atoms with Crippen LogP contribution in [0, 0.1) is 5.92 Å². The van der Waals surface area contributed by atoms with Gasteiger partial charge in [-0.15, -0.1) is 0 Å². The molecule has 6 nitrogen and oxygen atoms in total. The predicted octanol–water partition coefficient (Wildman–Crippen LogP) is 3.34. The Kier molecular flexibility index (Phi) is 9.59. The van der Waals surface area contributed by atoms with Crippen molar-refractivity contribution in [1.82, 2.24) is 0 Å². The average molecular weight is 498 g/mol. The number of alkyl halides is 6. The highest BCUT2D eigenvalue weighted by Gasteiger charge is 2.79. The lowest BCUT2D eigenvalue weighted by atomic mass is 10.1. The van der Waals surface area contributed by atoms with E-state index in [2.05, 4.69) is 9.47 Å². The molecule has 0 fully saturated rings. The quantitative estimate of drug-likeness (QED) is 0.178. The van der Waals surface area contributed by atoms with E-state index in [0.29, 0.717) is 12.2 Å². The van der Waals surface area contributed by atoms with Crippen LogP contribution in [0.1, 0.15) is 13.8 Å². The van der Waals surface area contributed by atoms with Crippen LogP contribution in [-0.2, 0) is 23.2 Å². The molecular weight excluding hydrogens is 470 g/mol. The standard InChI is InChI=1S/C17H28F6O6Si2/c1-11(2)12(10-27-14(26)9-8-13(24)25)28-16(20,21)15(18,19)17(22,23)31(6,7)29-30(3,4)5/h8-9,11-12H,10H2,1-7H3,(H,24,25)/p-1/b9-8+. The van der Waals surface area contributed by atoms with E-state index in [1.807, 2.05) is 0 Å². The van der Waals surface area contributed by atoms with Crippen molar-refractivity contribution in [3.05, 3.63) is 12.2 Å². The molecule has 0 saturated carbocycles. The van der Waals surface area contributed by atoms with Gasteiger partial charge in [0, 0.05) is 6.08 Å². The SMILES string of the molecule is CC(C)C(COC(=O)/C=C/C(=O)[O-])OC(F)(F)C(F)(F)C(F)(F)[Si](C)(C)O[Si](C)(C)C. The van der Waals surface area contributed by atoms with E-state index in [9.17, 15) is 41.0 Å². The van der Waals surface area contributed by atoms with Crippen molar-refractivity contribution in [2.24, 2.45) is 5.92 Å². The highest BCUT2D eigenvalue weighted by atomic mass is 28.4. The summed E-state index contributed by atoms with van der Waals surface area (Å²) >= 11 is 0. The van der Waals surface area contributed by atoms with Crippen molar-refractivity contribution in [3.8, 4) is 0 Å². The number of hydrogen-bond donors (Lipinski definition) is 0. The first kappa shape index (κ1) is 29.6. The molecule has 0 aliphatic rings. The molecule has 0 aliphatic carbocycles. The lowest BCUT2D eigenvalue weighted by Crippen LogP contribution is -2.69. The van der Waals surface area contributed by atoms with E-state index in [-0.39, 0.29) is 0 Å². The van der Waals surface area contributed by atoms with Gasteiger partial charge in [-0.2, -0.15) is 17.6 Å². The molecule has 0 radical (unpaired) electrons. The van der Waals surface area contributed by atoms with Crippen molar-refractivity contribution in [1.29, 1.82) is 0 Å². The lowest BCUT2D eigenvalue weighted by Gasteiger charge is -2.43. The van der Waals surface area contributed by atoms with Gasteiger partial charge >= 0.3 is 23.5 Å². The number of esters is 1. The summed E-state index contributed by atoms with van der Waals surface area (Å²) in [5.74, 6) is -9.94. The molecule has 0 aromatic heterocycles. The maximum Gasteiger partial charge on any atom is 0.425 e. The molecule has 0 aliphatic heterocycles. The van der Waals surface area contributed by atoms with E-state index < -0.39 is 64.8 Å². The van der Waals surface area contributed by atoms with Gasteiger partial charge in [-0.3, -0.25) is 0 Å². The Morgan fingerprint density at radius 3 is 1.84 bits per heavy atom. The van der Waals surface area contributed by atoms with Crippen molar-refractivity contribution in [2.75, 3.05) is 6.61 Å². The second-order valence-electron chi connectivity index (χ2n) is 8.57. The highest BCUT2D eigenvalue weighted by Crippen LogP contribution is 2.51. The number of ether oxygens (including phenoxy) is 2. The number of rotatable bonds is 12. The number of carboxylic acid groups (broad SMARTS) is 1. The smallest absolute Gasteiger partial charge is 0.425 e. The van der Waals surface area contributed by atoms with E-state index in [1.165, 1.54) is 33.5 Å². The summed E-state index contributed by atoms with van der Waals surface area (Å²) in [7, 11) is -7.46. The van der Waals surface area contributed by atoms with Gasteiger partial charge < -0.3 is 23.5 Å². The average Bonchev–Trinajstić information content (AvgIpc) is 2.53. The van der Waals surface area contributed by atoms with Crippen LogP contribution >= 0.6 is 0 Å². The van der Waals surface area contributed by atoms with Gasteiger partial charge in [0.25, 0.3) is 8.32 Å². The molecule has 31 heavy (non-hydrogen) atoms. The Morgan fingerprint density at radius 2 is 1.45 bits per heavy atom. The number of carbonyl (C=O) groups excluding carboxylic acids is 2. The molecule has 0 aromatic rings.